The van der Waals surface area contributed by atoms with E-state index < -0.39 is 50.1 Å². The minimum absolute atomic E-state index is 0.0700. The molecule has 2 aliphatic carbocycles. The fourth-order valence-corrected chi connectivity index (χ4v) is 7.88. The molecule has 2 amide bonds. The van der Waals surface area contributed by atoms with Crippen LogP contribution in [0.1, 0.15) is 76.8 Å². The quantitative estimate of drug-likeness (QED) is 0.467. The van der Waals surface area contributed by atoms with Gasteiger partial charge in [0, 0.05) is 18.9 Å². The maximum absolute atomic E-state index is 14.1. The summed E-state index contributed by atoms with van der Waals surface area (Å²) in [6.45, 7) is 3.39. The Bertz CT molecular complexity index is 1680. The number of benzene rings is 1. The fraction of sp³-hybridized carbons (Fsp3) is 0.594. The molecule has 2 aromatic rings. The lowest BCUT2D eigenvalue weighted by molar-refractivity contribution is -0.140. The molecule has 0 bridgehead atoms. The number of rotatable bonds is 5. The highest BCUT2D eigenvalue weighted by atomic mass is 32.2. The van der Waals surface area contributed by atoms with Gasteiger partial charge in [0.1, 0.15) is 17.6 Å². The Morgan fingerprint density at radius 2 is 1.93 bits per heavy atom. The van der Waals surface area contributed by atoms with Crippen molar-refractivity contribution in [2.45, 2.75) is 101 Å². The number of aromatic nitrogens is 2. The van der Waals surface area contributed by atoms with Crippen molar-refractivity contribution in [2.75, 3.05) is 6.54 Å². The number of carbonyl (C=O) groups excluding carboxylic acids is 3. The van der Waals surface area contributed by atoms with E-state index in [0.29, 0.717) is 42.4 Å². The molecule has 6 rings (SSSR count). The standard InChI is InChI=1S/C32H40FN5O6S/c1-19-28(36-25-14-21(33)10-11-24(25)35-19)44-22-15-26-27(39)17-32(30(41)37-45(42,43)31(2)12-13-31)16-20(32)8-6-4-3-5-7-9-23(34)29(40)38(26)18-22/h6,8,10-11,14,20,22-23,26H,3-5,7,9,12-13,15-18,34H2,1-2H3,(H,37,41)/b8-6-/t20-,22-,23+,26+,32-/m1/s1. The number of ether oxygens (including phenoxy) is 1. The summed E-state index contributed by atoms with van der Waals surface area (Å²) in [4.78, 5) is 51.7. The third-order valence-electron chi connectivity index (χ3n) is 9.93. The van der Waals surface area contributed by atoms with Crippen LogP contribution in [0.2, 0.25) is 0 Å². The molecule has 1 aromatic heterocycles. The first-order valence-electron chi connectivity index (χ1n) is 15.7. The number of aryl methyl sites for hydroxylation is 1. The van der Waals surface area contributed by atoms with Crippen molar-refractivity contribution in [1.82, 2.24) is 19.6 Å². The molecule has 11 nitrogen and oxygen atoms in total. The molecule has 1 aromatic carbocycles. The number of fused-ring (bicyclic) bond motifs is 3. The smallest absolute Gasteiger partial charge is 0.240 e. The second-order valence-electron chi connectivity index (χ2n) is 13.4. The second-order valence-corrected chi connectivity index (χ2v) is 15.6. The molecular weight excluding hydrogens is 601 g/mol. The van der Waals surface area contributed by atoms with Gasteiger partial charge in [-0.2, -0.15) is 0 Å². The summed E-state index contributed by atoms with van der Waals surface area (Å²) in [7, 11) is -3.90. The molecule has 45 heavy (non-hydrogen) atoms. The Labute approximate surface area is 262 Å². The number of nitrogens with two attached hydrogens (primary N) is 1. The molecule has 0 radical (unpaired) electrons. The van der Waals surface area contributed by atoms with Crippen LogP contribution >= 0.6 is 0 Å². The van der Waals surface area contributed by atoms with Gasteiger partial charge in [-0.3, -0.25) is 19.1 Å². The third-order valence-corrected chi connectivity index (χ3v) is 12.1. The van der Waals surface area contributed by atoms with Crippen molar-refractivity contribution in [2.24, 2.45) is 17.1 Å². The molecule has 0 spiro atoms. The van der Waals surface area contributed by atoms with E-state index in [2.05, 4.69) is 14.7 Å². The lowest BCUT2D eigenvalue weighted by Gasteiger charge is -2.27. The van der Waals surface area contributed by atoms with Crippen LogP contribution in [-0.4, -0.2) is 70.4 Å². The van der Waals surface area contributed by atoms with Crippen LogP contribution in [0.4, 0.5) is 4.39 Å². The van der Waals surface area contributed by atoms with Crippen LogP contribution in [0.25, 0.3) is 11.0 Å². The van der Waals surface area contributed by atoms with Crippen LogP contribution in [0.15, 0.2) is 30.4 Å². The van der Waals surface area contributed by atoms with Gasteiger partial charge < -0.3 is 15.4 Å². The van der Waals surface area contributed by atoms with E-state index in [9.17, 15) is 27.2 Å². The number of hydrogen-bond acceptors (Lipinski definition) is 9. The first-order valence-corrected chi connectivity index (χ1v) is 17.2. The number of ketones is 1. The SMILES string of the molecule is Cc1nc2ccc(F)cc2nc1O[C@@H]1C[C@H]2C(=O)C[C@]3(C(=O)NS(=O)(=O)C4(C)CC4)C[C@H]3/C=C\CCCCC[C@H](N)C(=O)N2C1. The summed E-state index contributed by atoms with van der Waals surface area (Å²) in [6.07, 6.45) is 8.24. The molecule has 3 N–H and O–H groups in total. The highest BCUT2D eigenvalue weighted by molar-refractivity contribution is 7.91. The largest absolute Gasteiger partial charge is 0.471 e. The fourth-order valence-electron chi connectivity index (χ4n) is 6.55. The van der Waals surface area contributed by atoms with Crippen LogP contribution in [0.3, 0.4) is 0 Å². The summed E-state index contributed by atoms with van der Waals surface area (Å²) in [5.74, 6) is -1.96. The van der Waals surface area contributed by atoms with Crippen molar-refractivity contribution >= 4 is 38.7 Å². The zero-order valence-corrected chi connectivity index (χ0v) is 26.4. The number of nitrogens with one attached hydrogen (secondary N) is 1. The predicted molar refractivity (Wildman–Crippen MR) is 164 cm³/mol. The second kappa shape index (κ2) is 11.7. The van der Waals surface area contributed by atoms with Gasteiger partial charge in [0.25, 0.3) is 0 Å². The molecule has 0 unspecified atom stereocenters. The molecule has 3 heterocycles. The topological polar surface area (TPSA) is 162 Å². The Morgan fingerprint density at radius 3 is 2.69 bits per heavy atom. The van der Waals surface area contributed by atoms with Gasteiger partial charge in [-0.1, -0.05) is 25.0 Å². The number of Topliss-reactive ketones (excluding diaryl/α,β-unsaturated/α-hetero) is 1. The van der Waals surface area contributed by atoms with Gasteiger partial charge in [-0.05, 0) is 70.4 Å². The maximum atomic E-state index is 14.1. The van der Waals surface area contributed by atoms with Gasteiger partial charge in [0.2, 0.25) is 27.7 Å². The summed E-state index contributed by atoms with van der Waals surface area (Å²) in [6, 6.07) is 2.36. The van der Waals surface area contributed by atoms with Crippen LogP contribution in [-0.2, 0) is 24.4 Å². The monoisotopic (exact) mass is 641 g/mol. The molecule has 2 aliphatic heterocycles. The van der Waals surface area contributed by atoms with Gasteiger partial charge in [-0.15, -0.1) is 0 Å². The molecule has 2 saturated carbocycles. The van der Waals surface area contributed by atoms with E-state index >= 15 is 0 Å². The van der Waals surface area contributed by atoms with Gasteiger partial charge in [-0.25, -0.2) is 22.8 Å². The average Bonchev–Trinajstić information content (AvgIpc) is 3.86. The van der Waals surface area contributed by atoms with E-state index in [-0.39, 0.29) is 42.9 Å². The van der Waals surface area contributed by atoms with Gasteiger partial charge >= 0.3 is 0 Å². The maximum Gasteiger partial charge on any atom is 0.240 e. The van der Waals surface area contributed by atoms with Crippen molar-refractivity contribution in [1.29, 1.82) is 0 Å². The normalized spacial score (nSPS) is 30.9. The minimum atomic E-state index is -3.90. The lowest BCUT2D eigenvalue weighted by Crippen LogP contribution is -2.50. The van der Waals surface area contributed by atoms with Gasteiger partial charge in [0.05, 0.1) is 39.8 Å². The number of allylic oxidation sites excluding steroid dienone is 2. The molecule has 1 saturated heterocycles. The molecular formula is C32H40FN5O6S. The number of hydrogen-bond donors (Lipinski definition) is 2. The van der Waals surface area contributed by atoms with Crippen molar-refractivity contribution in [3.05, 3.63) is 41.9 Å². The number of amides is 2. The Hall–Kier alpha value is -3.45. The highest BCUT2D eigenvalue weighted by Crippen LogP contribution is 2.57. The van der Waals surface area contributed by atoms with Crippen LogP contribution < -0.4 is 15.2 Å². The summed E-state index contributed by atoms with van der Waals surface area (Å²) in [5, 5.41) is 0. The van der Waals surface area contributed by atoms with E-state index in [1.54, 1.807) is 13.8 Å². The Balaban J connectivity index is 1.27. The summed E-state index contributed by atoms with van der Waals surface area (Å²) >= 11 is 0. The first kappa shape index (κ1) is 31.5. The predicted octanol–water partition coefficient (Wildman–Crippen LogP) is 3.24. The number of halogens is 1. The molecule has 3 fully saturated rings. The number of sulfonamides is 1. The Kier molecular flexibility index (Phi) is 8.22. The van der Waals surface area contributed by atoms with E-state index in [1.165, 1.54) is 23.1 Å². The minimum Gasteiger partial charge on any atom is -0.471 e. The molecule has 242 valence electrons. The average molecular weight is 642 g/mol. The molecule has 5 atom stereocenters. The summed E-state index contributed by atoms with van der Waals surface area (Å²) in [5.41, 5.74) is 6.42. The lowest BCUT2D eigenvalue weighted by atomic mass is 9.91. The van der Waals surface area contributed by atoms with Crippen molar-refractivity contribution < 1.29 is 31.9 Å². The molecule has 4 aliphatic rings. The van der Waals surface area contributed by atoms with Crippen molar-refractivity contribution in [3.63, 3.8) is 0 Å². The van der Waals surface area contributed by atoms with E-state index in [1.807, 2.05) is 12.2 Å². The van der Waals surface area contributed by atoms with Crippen molar-refractivity contribution in [3.8, 4) is 5.88 Å². The third kappa shape index (κ3) is 6.20. The molecule has 13 heteroatoms. The number of carbonyl (C=O) groups is 3. The zero-order chi connectivity index (χ0) is 32.1. The Morgan fingerprint density at radius 1 is 1.16 bits per heavy atom. The number of nitrogens with zero attached hydrogens (tertiary/aromatic N) is 3. The first-order chi connectivity index (χ1) is 21.3. The van der Waals surface area contributed by atoms with E-state index in [4.69, 9.17) is 10.5 Å². The summed E-state index contributed by atoms with van der Waals surface area (Å²) < 4.78 is 47.3. The zero-order valence-electron chi connectivity index (χ0n) is 25.6. The van der Waals surface area contributed by atoms with Gasteiger partial charge in [0.15, 0.2) is 5.78 Å². The highest BCUT2D eigenvalue weighted by Gasteiger charge is 2.62. The van der Waals surface area contributed by atoms with Crippen LogP contribution in [0.5, 0.6) is 5.88 Å². The van der Waals surface area contributed by atoms with Crippen LogP contribution in [0, 0.1) is 24.1 Å². The van der Waals surface area contributed by atoms with E-state index in [0.717, 1.165) is 25.7 Å².